The van der Waals surface area contributed by atoms with E-state index in [1.54, 1.807) is 11.3 Å². The largest absolute Gasteiger partial charge is 0.389 e. The van der Waals surface area contributed by atoms with Gasteiger partial charge in [0.2, 0.25) is 0 Å². The van der Waals surface area contributed by atoms with Crippen molar-refractivity contribution in [3.05, 3.63) is 43.7 Å². The Balaban J connectivity index is 1.88. The summed E-state index contributed by atoms with van der Waals surface area (Å²) in [5, 5.41) is 5.43. The van der Waals surface area contributed by atoms with Crippen LogP contribution in [0.3, 0.4) is 0 Å². The molecule has 2 aromatic rings. The number of nitrogens with two attached hydrogens (primary N) is 1. The van der Waals surface area contributed by atoms with Crippen LogP contribution in [0.1, 0.15) is 28.1 Å². The third-order valence-electron chi connectivity index (χ3n) is 3.42. The Morgan fingerprint density at radius 3 is 3.05 bits per heavy atom. The first-order valence-electron chi connectivity index (χ1n) is 6.43. The Bertz CT molecular complexity index is 666. The van der Waals surface area contributed by atoms with Gasteiger partial charge < -0.3 is 11.1 Å². The normalized spacial score (nSPS) is 13.2. The van der Waals surface area contributed by atoms with Crippen LogP contribution in [0.15, 0.2) is 22.0 Å². The molecule has 0 radical (unpaired) electrons. The van der Waals surface area contributed by atoms with Crippen LogP contribution in [0, 0.1) is 0 Å². The molecule has 0 saturated carbocycles. The Morgan fingerprint density at radius 1 is 1.50 bits per heavy atom. The van der Waals surface area contributed by atoms with E-state index in [1.807, 2.05) is 6.07 Å². The minimum Gasteiger partial charge on any atom is -0.389 e. The summed E-state index contributed by atoms with van der Waals surface area (Å²) in [6, 6.07) is 4.15. The number of halogens is 1. The van der Waals surface area contributed by atoms with E-state index in [2.05, 4.69) is 32.7 Å². The number of nitrogens with one attached hydrogen (secondary N) is 1. The maximum absolute atomic E-state index is 5.83. The SMILES string of the molecule is NC(=S)c1cc2c(nc1NCc1sccc1Br)CCC2. The number of rotatable bonds is 4. The molecule has 3 nitrogen and oxygen atoms in total. The van der Waals surface area contributed by atoms with E-state index in [-0.39, 0.29) is 0 Å². The Hall–Kier alpha value is -0.980. The second-order valence-electron chi connectivity index (χ2n) is 4.75. The predicted molar refractivity (Wildman–Crippen MR) is 91.5 cm³/mol. The number of nitrogens with zero attached hydrogens (tertiary/aromatic N) is 1. The smallest absolute Gasteiger partial charge is 0.136 e. The standard InChI is InChI=1S/C14H14BrN3S2/c15-10-4-5-20-12(10)7-17-14-9(13(16)19)6-8-2-1-3-11(8)18-14/h4-6H,1-3,7H2,(H2,16,19)(H,17,18). The summed E-state index contributed by atoms with van der Waals surface area (Å²) in [7, 11) is 0. The molecule has 0 aromatic carbocycles. The van der Waals surface area contributed by atoms with Gasteiger partial charge in [-0.3, -0.25) is 0 Å². The maximum atomic E-state index is 5.83. The molecule has 2 heterocycles. The van der Waals surface area contributed by atoms with E-state index in [9.17, 15) is 0 Å². The van der Waals surface area contributed by atoms with Crippen molar-refractivity contribution in [3.8, 4) is 0 Å². The summed E-state index contributed by atoms with van der Waals surface area (Å²) in [5.74, 6) is 0.804. The number of thiophene rings is 1. The van der Waals surface area contributed by atoms with E-state index >= 15 is 0 Å². The molecule has 3 N–H and O–H groups in total. The quantitative estimate of drug-likeness (QED) is 0.809. The molecule has 104 valence electrons. The Morgan fingerprint density at radius 2 is 2.35 bits per heavy atom. The van der Waals surface area contributed by atoms with Crippen molar-refractivity contribution in [2.45, 2.75) is 25.8 Å². The highest BCUT2D eigenvalue weighted by Gasteiger charge is 2.17. The first kappa shape index (κ1) is 14.0. The fourth-order valence-corrected chi connectivity index (χ4v) is 4.00. The number of hydrogen-bond donors (Lipinski definition) is 2. The van der Waals surface area contributed by atoms with Gasteiger partial charge in [-0.25, -0.2) is 4.98 Å². The molecule has 0 amide bonds. The summed E-state index contributed by atoms with van der Waals surface area (Å²) in [6.45, 7) is 0.722. The summed E-state index contributed by atoms with van der Waals surface area (Å²) >= 11 is 10.4. The molecule has 0 saturated heterocycles. The fraction of sp³-hybridized carbons (Fsp3) is 0.286. The second-order valence-corrected chi connectivity index (χ2v) is 7.05. The first-order chi connectivity index (χ1) is 9.65. The lowest BCUT2D eigenvalue weighted by atomic mass is 10.1. The number of fused-ring (bicyclic) bond motifs is 1. The number of thiocarbonyl (C=S) groups is 1. The van der Waals surface area contributed by atoms with Gasteiger partial charge in [0.25, 0.3) is 0 Å². The van der Waals surface area contributed by atoms with E-state index < -0.39 is 0 Å². The minimum atomic E-state index is 0.403. The van der Waals surface area contributed by atoms with Crippen LogP contribution in [-0.2, 0) is 19.4 Å². The van der Waals surface area contributed by atoms with Crippen molar-refractivity contribution in [2.75, 3.05) is 5.32 Å². The highest BCUT2D eigenvalue weighted by atomic mass is 79.9. The average molecular weight is 368 g/mol. The van der Waals surface area contributed by atoms with Crippen LogP contribution >= 0.6 is 39.5 Å². The molecule has 0 spiro atoms. The summed E-state index contributed by atoms with van der Waals surface area (Å²) < 4.78 is 1.12. The molecule has 2 aromatic heterocycles. The number of aromatic nitrogens is 1. The molecule has 0 aliphatic heterocycles. The van der Waals surface area contributed by atoms with E-state index in [1.165, 1.54) is 22.6 Å². The molecule has 1 aliphatic rings. The van der Waals surface area contributed by atoms with Crippen LogP contribution < -0.4 is 11.1 Å². The lowest BCUT2D eigenvalue weighted by Gasteiger charge is -2.12. The third kappa shape index (κ3) is 2.73. The highest BCUT2D eigenvalue weighted by Crippen LogP contribution is 2.27. The zero-order chi connectivity index (χ0) is 14.1. The molecule has 0 bridgehead atoms. The van der Waals surface area contributed by atoms with Gasteiger partial charge >= 0.3 is 0 Å². The Labute approximate surface area is 135 Å². The molecule has 20 heavy (non-hydrogen) atoms. The number of pyridine rings is 1. The number of hydrogen-bond acceptors (Lipinski definition) is 4. The number of anilines is 1. The summed E-state index contributed by atoms with van der Waals surface area (Å²) in [4.78, 5) is 6.35. The monoisotopic (exact) mass is 367 g/mol. The first-order valence-corrected chi connectivity index (χ1v) is 8.51. The number of aryl methyl sites for hydroxylation is 2. The summed E-state index contributed by atoms with van der Waals surface area (Å²) in [5.41, 5.74) is 9.15. The van der Waals surface area contributed by atoms with Crippen LogP contribution in [0.25, 0.3) is 0 Å². The van der Waals surface area contributed by atoms with Crippen molar-refractivity contribution < 1.29 is 0 Å². The van der Waals surface area contributed by atoms with Gasteiger partial charge in [-0.2, -0.15) is 0 Å². The molecular weight excluding hydrogens is 354 g/mol. The summed E-state index contributed by atoms with van der Waals surface area (Å²) in [6.07, 6.45) is 3.29. The van der Waals surface area contributed by atoms with Crippen LogP contribution in [0.2, 0.25) is 0 Å². The van der Waals surface area contributed by atoms with Crippen molar-refractivity contribution in [1.82, 2.24) is 4.98 Å². The van der Waals surface area contributed by atoms with Gasteiger partial charge in [0.1, 0.15) is 10.8 Å². The van der Waals surface area contributed by atoms with Gasteiger partial charge in [0, 0.05) is 15.0 Å². The van der Waals surface area contributed by atoms with Crippen molar-refractivity contribution in [2.24, 2.45) is 5.73 Å². The molecule has 0 fully saturated rings. The van der Waals surface area contributed by atoms with Crippen molar-refractivity contribution in [3.63, 3.8) is 0 Å². The van der Waals surface area contributed by atoms with E-state index in [0.29, 0.717) is 4.99 Å². The minimum absolute atomic E-state index is 0.403. The molecule has 1 aliphatic carbocycles. The van der Waals surface area contributed by atoms with Crippen LogP contribution in [0.4, 0.5) is 5.82 Å². The van der Waals surface area contributed by atoms with Crippen molar-refractivity contribution >= 4 is 50.3 Å². The third-order valence-corrected chi connectivity index (χ3v) is 5.57. The molecular formula is C14H14BrN3S2. The van der Waals surface area contributed by atoms with Gasteiger partial charge in [0.05, 0.1) is 12.1 Å². The Kier molecular flexibility index (Phi) is 4.05. The van der Waals surface area contributed by atoms with Gasteiger partial charge in [-0.05, 0) is 58.3 Å². The zero-order valence-corrected chi connectivity index (χ0v) is 14.0. The van der Waals surface area contributed by atoms with Gasteiger partial charge in [-0.15, -0.1) is 11.3 Å². The van der Waals surface area contributed by atoms with Crippen LogP contribution in [0.5, 0.6) is 0 Å². The second kappa shape index (κ2) is 5.79. The molecule has 3 rings (SSSR count). The fourth-order valence-electron chi connectivity index (χ4n) is 2.41. The predicted octanol–water partition coefficient (Wildman–Crippen LogP) is 3.64. The molecule has 6 heteroatoms. The highest BCUT2D eigenvalue weighted by molar-refractivity contribution is 9.10. The lowest BCUT2D eigenvalue weighted by Crippen LogP contribution is -2.15. The van der Waals surface area contributed by atoms with E-state index in [0.717, 1.165) is 35.2 Å². The molecule has 0 atom stereocenters. The van der Waals surface area contributed by atoms with Gasteiger partial charge in [0.15, 0.2) is 0 Å². The average Bonchev–Trinajstić information content (AvgIpc) is 3.03. The molecule has 0 unspecified atom stereocenters. The van der Waals surface area contributed by atoms with Crippen molar-refractivity contribution in [1.29, 1.82) is 0 Å². The maximum Gasteiger partial charge on any atom is 0.136 e. The topological polar surface area (TPSA) is 50.9 Å². The van der Waals surface area contributed by atoms with Crippen LogP contribution in [-0.4, -0.2) is 9.97 Å². The lowest BCUT2D eigenvalue weighted by molar-refractivity contribution is 0.899. The van der Waals surface area contributed by atoms with Gasteiger partial charge in [-0.1, -0.05) is 12.2 Å². The van der Waals surface area contributed by atoms with E-state index in [4.69, 9.17) is 22.9 Å². The zero-order valence-electron chi connectivity index (χ0n) is 10.8.